The summed E-state index contributed by atoms with van der Waals surface area (Å²) in [6.45, 7) is 8.91. The van der Waals surface area contributed by atoms with Crippen molar-refractivity contribution in [1.82, 2.24) is 0 Å². The van der Waals surface area contributed by atoms with E-state index >= 15 is 0 Å². The van der Waals surface area contributed by atoms with Crippen LogP contribution >= 0.6 is 0 Å². The number of carbonyl (C=O) groups is 2. The average molecular weight is 443 g/mol. The van der Waals surface area contributed by atoms with E-state index in [1.165, 1.54) is 5.56 Å². The van der Waals surface area contributed by atoms with Crippen LogP contribution in [0.25, 0.3) is 0 Å². The molecule has 5 heteroatoms. The van der Waals surface area contributed by atoms with Crippen molar-refractivity contribution in [2.75, 3.05) is 16.8 Å². The Kier molecular flexibility index (Phi) is 6.23. The molecule has 0 saturated carbocycles. The van der Waals surface area contributed by atoms with Crippen LogP contribution in [0.3, 0.4) is 0 Å². The summed E-state index contributed by atoms with van der Waals surface area (Å²) in [4.78, 5) is 26.9. The van der Waals surface area contributed by atoms with Crippen LogP contribution in [0.15, 0.2) is 72.8 Å². The molecule has 5 nitrogen and oxygen atoms in total. The third-order valence-electron chi connectivity index (χ3n) is 5.89. The first-order valence-corrected chi connectivity index (χ1v) is 11.3. The first-order valence-electron chi connectivity index (χ1n) is 11.3. The average Bonchev–Trinajstić information content (AvgIpc) is 3.17. The number of benzene rings is 3. The van der Waals surface area contributed by atoms with Crippen molar-refractivity contribution in [2.45, 2.75) is 39.5 Å². The van der Waals surface area contributed by atoms with Crippen LogP contribution < -0.4 is 15.0 Å². The normalized spacial score (nSPS) is 16.1. The molecule has 0 aromatic heterocycles. The quantitative estimate of drug-likeness (QED) is 0.521. The fourth-order valence-electron chi connectivity index (χ4n) is 3.94. The van der Waals surface area contributed by atoms with E-state index in [2.05, 4.69) is 38.2 Å². The van der Waals surface area contributed by atoms with E-state index < -0.39 is 0 Å². The largest absolute Gasteiger partial charge is 0.457 e. The Bertz CT molecular complexity index is 1150. The Hall–Kier alpha value is -3.60. The van der Waals surface area contributed by atoms with E-state index in [9.17, 15) is 9.59 Å². The van der Waals surface area contributed by atoms with Gasteiger partial charge in [0.05, 0.1) is 5.92 Å². The van der Waals surface area contributed by atoms with E-state index in [0.717, 1.165) is 17.0 Å². The molecule has 2 amide bonds. The van der Waals surface area contributed by atoms with Gasteiger partial charge in [-0.3, -0.25) is 9.59 Å². The van der Waals surface area contributed by atoms with Crippen molar-refractivity contribution in [3.63, 3.8) is 0 Å². The van der Waals surface area contributed by atoms with Gasteiger partial charge in [-0.25, -0.2) is 0 Å². The number of hydrogen-bond donors (Lipinski definition) is 1. The van der Waals surface area contributed by atoms with Gasteiger partial charge in [-0.1, -0.05) is 45.0 Å². The predicted octanol–water partition coefficient (Wildman–Crippen LogP) is 6.08. The summed E-state index contributed by atoms with van der Waals surface area (Å²) in [6, 6.07) is 23.1. The monoisotopic (exact) mass is 442 g/mol. The van der Waals surface area contributed by atoms with Gasteiger partial charge in [0.25, 0.3) is 0 Å². The summed E-state index contributed by atoms with van der Waals surface area (Å²) in [5, 5.41) is 2.93. The molecule has 0 radical (unpaired) electrons. The van der Waals surface area contributed by atoms with Gasteiger partial charge in [0, 0.05) is 24.3 Å². The summed E-state index contributed by atoms with van der Waals surface area (Å²) in [5.74, 6) is 0.904. The van der Waals surface area contributed by atoms with Gasteiger partial charge in [-0.15, -0.1) is 0 Å². The number of carbonyl (C=O) groups excluding carboxylic acids is 2. The highest BCUT2D eigenvalue weighted by Crippen LogP contribution is 2.29. The molecule has 1 saturated heterocycles. The second kappa shape index (κ2) is 9.10. The van der Waals surface area contributed by atoms with Crippen molar-refractivity contribution in [3.05, 3.63) is 83.9 Å². The zero-order valence-electron chi connectivity index (χ0n) is 19.6. The molecule has 4 rings (SSSR count). The van der Waals surface area contributed by atoms with Crippen molar-refractivity contribution in [1.29, 1.82) is 0 Å². The summed E-state index contributed by atoms with van der Waals surface area (Å²) >= 11 is 0. The summed E-state index contributed by atoms with van der Waals surface area (Å²) in [5.41, 5.74) is 3.95. The highest BCUT2D eigenvalue weighted by atomic mass is 16.5. The number of rotatable bonds is 5. The maximum atomic E-state index is 12.8. The third kappa shape index (κ3) is 5.43. The molecule has 1 fully saturated rings. The van der Waals surface area contributed by atoms with Crippen LogP contribution in [-0.2, 0) is 15.0 Å². The standard InChI is InChI=1S/C28H30N2O3/c1-19-6-5-7-23(16-19)30-18-20(17-26(30)31)27(32)29-22-10-14-25(15-11-22)33-24-12-8-21(9-13-24)28(2,3)4/h5-16,20H,17-18H2,1-4H3,(H,29,32)/t20-/m1/s1. The van der Waals surface area contributed by atoms with Crippen molar-refractivity contribution in [3.8, 4) is 11.5 Å². The van der Waals surface area contributed by atoms with Gasteiger partial charge < -0.3 is 15.0 Å². The number of amides is 2. The highest BCUT2D eigenvalue weighted by Gasteiger charge is 2.35. The molecule has 3 aromatic rings. The Morgan fingerprint density at radius 1 is 0.970 bits per heavy atom. The lowest BCUT2D eigenvalue weighted by Crippen LogP contribution is -2.28. The number of anilines is 2. The molecule has 0 spiro atoms. The van der Waals surface area contributed by atoms with Crippen LogP contribution in [0.5, 0.6) is 11.5 Å². The van der Waals surface area contributed by atoms with E-state index in [-0.39, 0.29) is 29.6 Å². The molecule has 0 aliphatic carbocycles. The molecule has 1 heterocycles. The molecule has 0 unspecified atom stereocenters. The number of ether oxygens (including phenoxy) is 1. The first-order chi connectivity index (χ1) is 15.7. The molecule has 1 atom stereocenters. The molecule has 170 valence electrons. The summed E-state index contributed by atoms with van der Waals surface area (Å²) < 4.78 is 5.93. The van der Waals surface area contributed by atoms with Crippen LogP contribution in [0.4, 0.5) is 11.4 Å². The zero-order chi connectivity index (χ0) is 23.6. The van der Waals surface area contributed by atoms with Crippen LogP contribution in [-0.4, -0.2) is 18.4 Å². The molecular formula is C28H30N2O3. The van der Waals surface area contributed by atoms with Crippen molar-refractivity contribution >= 4 is 23.2 Å². The lowest BCUT2D eigenvalue weighted by molar-refractivity contribution is -0.122. The molecule has 33 heavy (non-hydrogen) atoms. The summed E-state index contributed by atoms with van der Waals surface area (Å²) in [7, 11) is 0. The molecule has 0 bridgehead atoms. The van der Waals surface area contributed by atoms with Gasteiger partial charge in [-0.05, 0) is 72.0 Å². The van der Waals surface area contributed by atoms with Crippen LogP contribution in [0.2, 0.25) is 0 Å². The topological polar surface area (TPSA) is 58.6 Å². The predicted molar refractivity (Wildman–Crippen MR) is 132 cm³/mol. The van der Waals surface area contributed by atoms with Gasteiger partial charge in [0.2, 0.25) is 11.8 Å². The number of nitrogens with zero attached hydrogens (tertiary/aromatic N) is 1. The second-order valence-electron chi connectivity index (χ2n) is 9.63. The minimum Gasteiger partial charge on any atom is -0.457 e. The molecule has 1 aliphatic heterocycles. The number of nitrogens with one attached hydrogen (secondary N) is 1. The molecule has 3 aromatic carbocycles. The Morgan fingerprint density at radius 3 is 2.21 bits per heavy atom. The fourth-order valence-corrected chi connectivity index (χ4v) is 3.94. The maximum absolute atomic E-state index is 12.8. The van der Waals surface area contributed by atoms with E-state index in [4.69, 9.17) is 4.74 Å². The second-order valence-corrected chi connectivity index (χ2v) is 9.63. The SMILES string of the molecule is Cc1cccc(N2C[C@H](C(=O)Nc3ccc(Oc4ccc(C(C)(C)C)cc4)cc3)CC2=O)c1. The Labute approximate surface area is 195 Å². The summed E-state index contributed by atoms with van der Waals surface area (Å²) in [6.07, 6.45) is 0.214. The van der Waals surface area contributed by atoms with Gasteiger partial charge in [0.1, 0.15) is 11.5 Å². The van der Waals surface area contributed by atoms with Crippen molar-refractivity contribution in [2.24, 2.45) is 5.92 Å². The lowest BCUT2D eigenvalue weighted by Gasteiger charge is -2.19. The van der Waals surface area contributed by atoms with Gasteiger partial charge >= 0.3 is 0 Å². The van der Waals surface area contributed by atoms with E-state index in [0.29, 0.717) is 18.0 Å². The van der Waals surface area contributed by atoms with Crippen LogP contribution in [0, 0.1) is 12.8 Å². The first kappa shape index (κ1) is 22.6. The Morgan fingerprint density at radius 2 is 1.61 bits per heavy atom. The van der Waals surface area contributed by atoms with E-state index in [1.54, 1.807) is 4.90 Å². The molecular weight excluding hydrogens is 412 g/mol. The van der Waals surface area contributed by atoms with Crippen molar-refractivity contribution < 1.29 is 14.3 Å². The number of hydrogen-bond acceptors (Lipinski definition) is 3. The highest BCUT2D eigenvalue weighted by molar-refractivity contribution is 6.03. The lowest BCUT2D eigenvalue weighted by atomic mass is 9.87. The van der Waals surface area contributed by atoms with E-state index in [1.807, 2.05) is 67.6 Å². The fraction of sp³-hybridized carbons (Fsp3) is 0.286. The minimum atomic E-state index is -0.379. The molecule has 1 aliphatic rings. The number of aryl methyl sites for hydroxylation is 1. The molecule has 1 N–H and O–H groups in total. The smallest absolute Gasteiger partial charge is 0.229 e. The van der Waals surface area contributed by atoms with Gasteiger partial charge in [0.15, 0.2) is 0 Å². The van der Waals surface area contributed by atoms with Gasteiger partial charge in [-0.2, -0.15) is 0 Å². The van der Waals surface area contributed by atoms with Crippen LogP contribution in [0.1, 0.15) is 38.3 Å². The minimum absolute atomic E-state index is 0.0259. The third-order valence-corrected chi connectivity index (χ3v) is 5.89. The maximum Gasteiger partial charge on any atom is 0.229 e. The Balaban J connectivity index is 1.35. The zero-order valence-corrected chi connectivity index (χ0v) is 19.6.